The maximum atomic E-state index is 2.51. The Hall–Kier alpha value is -1.54. The largest absolute Gasteiger partial charge is 0.341 e. The highest BCUT2D eigenvalue weighted by Gasteiger charge is 2.21. The molecule has 2 nitrogen and oxygen atoms in total. The Morgan fingerprint density at radius 2 is 2.00 bits per heavy atom. The van der Waals surface area contributed by atoms with Crippen LogP contribution in [0.5, 0.6) is 0 Å². The number of nitrogens with zero attached hydrogens (tertiary/aromatic N) is 2. The number of rotatable bonds is 4. The molecule has 0 aliphatic heterocycles. The van der Waals surface area contributed by atoms with Gasteiger partial charge in [-0.05, 0) is 57.5 Å². The SMILES string of the molecule is CCn1c2c(c3ccccc31)CCC=C2CCN(C)C. The minimum Gasteiger partial charge on any atom is -0.341 e. The molecule has 3 rings (SSSR count). The average molecular weight is 268 g/mol. The first-order valence-electron chi connectivity index (χ1n) is 7.66. The summed E-state index contributed by atoms with van der Waals surface area (Å²) >= 11 is 0. The van der Waals surface area contributed by atoms with E-state index in [1.165, 1.54) is 35.0 Å². The maximum absolute atomic E-state index is 2.51. The molecule has 2 heteroatoms. The molecule has 106 valence electrons. The summed E-state index contributed by atoms with van der Waals surface area (Å²) in [4.78, 5) is 2.27. The van der Waals surface area contributed by atoms with Gasteiger partial charge in [-0.2, -0.15) is 0 Å². The molecule has 1 aliphatic rings. The monoisotopic (exact) mass is 268 g/mol. The van der Waals surface area contributed by atoms with Gasteiger partial charge in [0.25, 0.3) is 0 Å². The van der Waals surface area contributed by atoms with E-state index in [9.17, 15) is 0 Å². The van der Waals surface area contributed by atoms with Crippen molar-refractivity contribution in [3.05, 3.63) is 41.6 Å². The third-order valence-electron chi connectivity index (χ3n) is 4.31. The van der Waals surface area contributed by atoms with E-state index >= 15 is 0 Å². The summed E-state index contributed by atoms with van der Waals surface area (Å²) in [6.45, 7) is 4.43. The lowest BCUT2D eigenvalue weighted by Crippen LogP contribution is -2.15. The van der Waals surface area contributed by atoms with Crippen LogP contribution in [0.2, 0.25) is 0 Å². The first kappa shape index (κ1) is 13.4. The summed E-state index contributed by atoms with van der Waals surface area (Å²) in [5.41, 5.74) is 6.01. The third-order valence-corrected chi connectivity index (χ3v) is 4.31. The summed E-state index contributed by atoms with van der Waals surface area (Å²) in [5, 5.41) is 1.46. The van der Waals surface area contributed by atoms with Crippen LogP contribution in [-0.2, 0) is 13.0 Å². The summed E-state index contributed by atoms with van der Waals surface area (Å²) in [7, 11) is 4.30. The highest BCUT2D eigenvalue weighted by atomic mass is 15.0. The summed E-state index contributed by atoms with van der Waals surface area (Å²) in [5.74, 6) is 0. The van der Waals surface area contributed by atoms with E-state index in [-0.39, 0.29) is 0 Å². The van der Waals surface area contributed by atoms with Gasteiger partial charge in [0.2, 0.25) is 0 Å². The minimum atomic E-state index is 1.05. The lowest BCUT2D eigenvalue weighted by atomic mass is 9.93. The maximum Gasteiger partial charge on any atom is 0.0487 e. The van der Waals surface area contributed by atoms with E-state index in [0.29, 0.717) is 0 Å². The van der Waals surface area contributed by atoms with Gasteiger partial charge in [-0.3, -0.25) is 0 Å². The smallest absolute Gasteiger partial charge is 0.0487 e. The number of para-hydroxylation sites is 1. The van der Waals surface area contributed by atoms with Gasteiger partial charge in [-0.1, -0.05) is 24.3 Å². The molecule has 1 aliphatic carbocycles. The van der Waals surface area contributed by atoms with Gasteiger partial charge in [0.15, 0.2) is 0 Å². The lowest BCUT2D eigenvalue weighted by Gasteiger charge is -2.19. The first-order valence-corrected chi connectivity index (χ1v) is 7.66. The zero-order valence-corrected chi connectivity index (χ0v) is 12.8. The number of aromatic nitrogens is 1. The molecule has 1 heterocycles. The van der Waals surface area contributed by atoms with Crippen LogP contribution in [0.25, 0.3) is 16.5 Å². The summed E-state index contributed by atoms with van der Waals surface area (Å²) in [6, 6.07) is 8.87. The van der Waals surface area contributed by atoms with Crippen LogP contribution >= 0.6 is 0 Å². The van der Waals surface area contributed by atoms with Crippen LogP contribution in [0.15, 0.2) is 30.3 Å². The predicted octanol–water partition coefficient (Wildman–Crippen LogP) is 3.94. The highest BCUT2D eigenvalue weighted by Crippen LogP contribution is 2.36. The molecule has 0 amide bonds. The van der Waals surface area contributed by atoms with Gasteiger partial charge in [-0.25, -0.2) is 0 Å². The molecule has 0 saturated carbocycles. The molecule has 0 spiro atoms. The minimum absolute atomic E-state index is 1.05. The zero-order chi connectivity index (χ0) is 14.1. The molecule has 0 fully saturated rings. The van der Waals surface area contributed by atoms with E-state index in [0.717, 1.165) is 19.5 Å². The quantitative estimate of drug-likeness (QED) is 0.815. The fraction of sp³-hybridized carbons (Fsp3) is 0.444. The Morgan fingerprint density at radius 3 is 2.75 bits per heavy atom. The second kappa shape index (κ2) is 5.45. The van der Waals surface area contributed by atoms with Crippen molar-refractivity contribution >= 4 is 16.5 Å². The molecule has 0 atom stereocenters. The Balaban J connectivity index is 2.11. The second-order valence-electron chi connectivity index (χ2n) is 5.91. The van der Waals surface area contributed by atoms with E-state index < -0.39 is 0 Å². The van der Waals surface area contributed by atoms with Crippen molar-refractivity contribution in [1.29, 1.82) is 0 Å². The molecule has 1 aromatic heterocycles. The Bertz CT molecular complexity index is 632. The number of hydrogen-bond donors (Lipinski definition) is 0. The van der Waals surface area contributed by atoms with E-state index in [1.807, 2.05) is 0 Å². The van der Waals surface area contributed by atoms with Crippen LogP contribution in [0.4, 0.5) is 0 Å². The van der Waals surface area contributed by atoms with Gasteiger partial charge < -0.3 is 9.47 Å². The van der Waals surface area contributed by atoms with Gasteiger partial charge >= 0.3 is 0 Å². The fourth-order valence-electron chi connectivity index (χ4n) is 3.38. The van der Waals surface area contributed by atoms with Gasteiger partial charge in [0, 0.05) is 29.7 Å². The molecule has 0 radical (unpaired) electrons. The van der Waals surface area contributed by atoms with Crippen LogP contribution in [0, 0.1) is 0 Å². The first-order chi connectivity index (χ1) is 9.72. The Kier molecular flexibility index (Phi) is 3.66. The van der Waals surface area contributed by atoms with E-state index in [1.54, 1.807) is 5.56 Å². The molecule has 0 N–H and O–H groups in total. The van der Waals surface area contributed by atoms with Gasteiger partial charge in [0.1, 0.15) is 0 Å². The van der Waals surface area contributed by atoms with Crippen molar-refractivity contribution in [3.63, 3.8) is 0 Å². The van der Waals surface area contributed by atoms with Crippen molar-refractivity contribution in [1.82, 2.24) is 9.47 Å². The Morgan fingerprint density at radius 1 is 1.20 bits per heavy atom. The van der Waals surface area contributed by atoms with Crippen LogP contribution in [0.3, 0.4) is 0 Å². The summed E-state index contributed by atoms with van der Waals surface area (Å²) < 4.78 is 2.51. The van der Waals surface area contributed by atoms with Crippen LogP contribution < -0.4 is 0 Å². The van der Waals surface area contributed by atoms with Crippen LogP contribution in [0.1, 0.15) is 31.0 Å². The topological polar surface area (TPSA) is 8.17 Å². The average Bonchev–Trinajstić information content (AvgIpc) is 2.79. The number of fused-ring (bicyclic) bond motifs is 3. The van der Waals surface area contributed by atoms with Crippen molar-refractivity contribution in [2.75, 3.05) is 20.6 Å². The lowest BCUT2D eigenvalue weighted by molar-refractivity contribution is 0.419. The van der Waals surface area contributed by atoms with Crippen molar-refractivity contribution in [2.24, 2.45) is 0 Å². The Labute approximate surface area is 121 Å². The normalized spacial score (nSPS) is 14.7. The second-order valence-corrected chi connectivity index (χ2v) is 5.91. The van der Waals surface area contributed by atoms with Crippen molar-refractivity contribution in [3.8, 4) is 0 Å². The van der Waals surface area contributed by atoms with Gasteiger partial charge in [0.05, 0.1) is 0 Å². The molecule has 1 aromatic carbocycles. The zero-order valence-electron chi connectivity index (χ0n) is 12.8. The number of allylic oxidation sites excluding steroid dienone is 1. The van der Waals surface area contributed by atoms with Crippen molar-refractivity contribution in [2.45, 2.75) is 32.7 Å². The molecular formula is C18H24N2. The molecule has 0 bridgehead atoms. The predicted molar refractivity (Wildman–Crippen MR) is 87.1 cm³/mol. The highest BCUT2D eigenvalue weighted by molar-refractivity contribution is 5.91. The number of aryl methyl sites for hydroxylation is 2. The van der Waals surface area contributed by atoms with E-state index in [4.69, 9.17) is 0 Å². The molecule has 20 heavy (non-hydrogen) atoms. The van der Waals surface area contributed by atoms with Crippen molar-refractivity contribution < 1.29 is 0 Å². The fourth-order valence-corrected chi connectivity index (χ4v) is 3.38. The molecular weight excluding hydrogens is 244 g/mol. The standard InChI is InChI=1S/C18H24N2/c1-4-20-17-11-6-5-9-15(17)16-10-7-8-14(18(16)20)12-13-19(2)3/h5-6,8-9,11H,4,7,10,12-13H2,1-3H3. The third kappa shape index (κ3) is 2.18. The number of hydrogen-bond acceptors (Lipinski definition) is 1. The molecule has 0 unspecified atom stereocenters. The molecule has 2 aromatic rings. The van der Waals surface area contributed by atoms with E-state index in [2.05, 4.69) is 60.8 Å². The van der Waals surface area contributed by atoms with Crippen LogP contribution in [-0.4, -0.2) is 30.1 Å². The summed E-state index contributed by atoms with van der Waals surface area (Å²) in [6.07, 6.45) is 5.98. The number of benzene rings is 1. The van der Waals surface area contributed by atoms with Gasteiger partial charge in [-0.15, -0.1) is 0 Å². The molecule has 0 saturated heterocycles.